The molecule has 0 aliphatic heterocycles. The molecule has 0 saturated carbocycles. The lowest BCUT2D eigenvalue weighted by Gasteiger charge is -2.09. The van der Waals surface area contributed by atoms with Gasteiger partial charge in [-0.2, -0.15) is 0 Å². The molecule has 0 aliphatic rings. The maximum absolute atomic E-state index is 11.9. The normalized spacial score (nSPS) is 10.9. The van der Waals surface area contributed by atoms with E-state index in [1.807, 2.05) is 5.32 Å². The van der Waals surface area contributed by atoms with Crippen LogP contribution in [0.4, 0.5) is 18.0 Å². The number of hydrogen-bond donors (Lipinski definition) is 2. The molecule has 16 heavy (non-hydrogen) atoms. The molecule has 0 aromatic heterocycles. The van der Waals surface area contributed by atoms with Gasteiger partial charge in [0.15, 0.2) is 0 Å². The number of amides is 1. The van der Waals surface area contributed by atoms with Crippen molar-refractivity contribution in [1.82, 2.24) is 5.32 Å². The number of ether oxygens (including phenoxy) is 1. The van der Waals surface area contributed by atoms with Gasteiger partial charge in [-0.05, 0) is 17.7 Å². The molecule has 88 valence electrons. The SMILES string of the molecule is O=C(O)NCc1cccc(OC(F)(F)F)c1. The maximum atomic E-state index is 11.9. The maximum Gasteiger partial charge on any atom is 0.573 e. The Morgan fingerprint density at radius 2 is 2.12 bits per heavy atom. The predicted octanol–water partition coefficient (Wildman–Crippen LogP) is 2.35. The van der Waals surface area contributed by atoms with Crippen molar-refractivity contribution in [1.29, 1.82) is 0 Å². The van der Waals surface area contributed by atoms with Gasteiger partial charge in [0, 0.05) is 6.54 Å². The third-order valence-electron chi connectivity index (χ3n) is 1.58. The number of benzene rings is 1. The molecule has 0 unspecified atom stereocenters. The Morgan fingerprint density at radius 3 is 2.69 bits per heavy atom. The second-order valence-corrected chi connectivity index (χ2v) is 2.85. The lowest BCUT2D eigenvalue weighted by Crippen LogP contribution is -2.20. The molecule has 0 spiro atoms. The lowest BCUT2D eigenvalue weighted by atomic mass is 10.2. The van der Waals surface area contributed by atoms with E-state index in [2.05, 4.69) is 4.74 Å². The summed E-state index contributed by atoms with van der Waals surface area (Å²) in [5, 5.41) is 10.3. The van der Waals surface area contributed by atoms with Gasteiger partial charge in [-0.15, -0.1) is 13.2 Å². The molecule has 0 atom stereocenters. The minimum Gasteiger partial charge on any atom is -0.465 e. The fourth-order valence-corrected chi connectivity index (χ4v) is 1.03. The number of alkyl halides is 3. The monoisotopic (exact) mass is 235 g/mol. The summed E-state index contributed by atoms with van der Waals surface area (Å²) in [5.74, 6) is -0.378. The second kappa shape index (κ2) is 4.73. The number of nitrogens with one attached hydrogen (secondary N) is 1. The molecule has 4 nitrogen and oxygen atoms in total. The van der Waals surface area contributed by atoms with Crippen molar-refractivity contribution in [2.75, 3.05) is 0 Å². The first kappa shape index (κ1) is 12.2. The molecule has 0 heterocycles. The van der Waals surface area contributed by atoms with Crippen molar-refractivity contribution in [3.8, 4) is 5.75 Å². The van der Waals surface area contributed by atoms with Gasteiger partial charge in [0.05, 0.1) is 0 Å². The van der Waals surface area contributed by atoms with E-state index in [0.717, 1.165) is 12.1 Å². The largest absolute Gasteiger partial charge is 0.573 e. The van der Waals surface area contributed by atoms with Crippen LogP contribution in [0, 0.1) is 0 Å². The Morgan fingerprint density at radius 1 is 1.44 bits per heavy atom. The summed E-state index contributed by atoms with van der Waals surface area (Å²) in [5.41, 5.74) is 0.379. The summed E-state index contributed by atoms with van der Waals surface area (Å²) in [7, 11) is 0. The second-order valence-electron chi connectivity index (χ2n) is 2.85. The van der Waals surface area contributed by atoms with Crippen LogP contribution < -0.4 is 10.1 Å². The molecule has 1 amide bonds. The van der Waals surface area contributed by atoms with E-state index in [1.165, 1.54) is 12.1 Å². The summed E-state index contributed by atoms with van der Waals surface area (Å²) in [6.45, 7) is -0.0790. The standard InChI is InChI=1S/C9H8F3NO3/c10-9(11,12)16-7-3-1-2-6(4-7)5-13-8(14)15/h1-4,13H,5H2,(H,14,15). The van der Waals surface area contributed by atoms with Crippen molar-refractivity contribution in [3.63, 3.8) is 0 Å². The molecular weight excluding hydrogens is 227 g/mol. The Bertz CT molecular complexity index is 379. The average molecular weight is 235 g/mol. The van der Waals surface area contributed by atoms with Crippen LogP contribution in [0.5, 0.6) is 5.75 Å². The van der Waals surface area contributed by atoms with Crippen LogP contribution in [0.2, 0.25) is 0 Å². The van der Waals surface area contributed by atoms with Crippen molar-refractivity contribution in [2.24, 2.45) is 0 Å². The fraction of sp³-hybridized carbons (Fsp3) is 0.222. The lowest BCUT2D eigenvalue weighted by molar-refractivity contribution is -0.274. The summed E-state index contributed by atoms with van der Waals surface area (Å²) in [6, 6.07) is 5.08. The Kier molecular flexibility index (Phi) is 3.60. The number of carboxylic acid groups (broad SMARTS) is 1. The van der Waals surface area contributed by atoms with Crippen molar-refractivity contribution in [3.05, 3.63) is 29.8 Å². The van der Waals surface area contributed by atoms with Gasteiger partial charge >= 0.3 is 12.5 Å². The van der Waals surface area contributed by atoms with Crippen LogP contribution in [0.15, 0.2) is 24.3 Å². The van der Waals surface area contributed by atoms with E-state index in [0.29, 0.717) is 5.56 Å². The first-order valence-electron chi connectivity index (χ1n) is 4.18. The third-order valence-corrected chi connectivity index (χ3v) is 1.58. The van der Waals surface area contributed by atoms with Crippen LogP contribution in [-0.2, 0) is 6.54 Å². The molecule has 1 rings (SSSR count). The molecule has 0 fully saturated rings. The molecule has 0 aliphatic carbocycles. The van der Waals surface area contributed by atoms with E-state index in [4.69, 9.17) is 5.11 Å². The molecule has 1 aromatic carbocycles. The summed E-state index contributed by atoms with van der Waals surface area (Å²) >= 11 is 0. The zero-order chi connectivity index (χ0) is 12.2. The van der Waals surface area contributed by atoms with E-state index < -0.39 is 12.5 Å². The first-order chi connectivity index (χ1) is 7.37. The van der Waals surface area contributed by atoms with Gasteiger partial charge in [-0.3, -0.25) is 0 Å². The summed E-state index contributed by atoms with van der Waals surface area (Å²) in [4.78, 5) is 10.2. The van der Waals surface area contributed by atoms with Crippen molar-refractivity contribution >= 4 is 6.09 Å². The molecule has 1 aromatic rings. The van der Waals surface area contributed by atoms with E-state index in [9.17, 15) is 18.0 Å². The van der Waals surface area contributed by atoms with Crippen LogP contribution in [0.3, 0.4) is 0 Å². The van der Waals surface area contributed by atoms with E-state index >= 15 is 0 Å². The summed E-state index contributed by atoms with van der Waals surface area (Å²) in [6.07, 6.45) is -6.00. The molecule has 0 saturated heterocycles. The molecule has 0 bridgehead atoms. The van der Waals surface area contributed by atoms with E-state index in [1.54, 1.807) is 0 Å². The van der Waals surface area contributed by atoms with E-state index in [-0.39, 0.29) is 12.3 Å². The Hall–Kier alpha value is -1.92. The number of hydrogen-bond acceptors (Lipinski definition) is 2. The van der Waals surface area contributed by atoms with Gasteiger partial charge in [0.1, 0.15) is 5.75 Å². The topological polar surface area (TPSA) is 58.6 Å². The highest BCUT2D eigenvalue weighted by molar-refractivity contribution is 5.64. The van der Waals surface area contributed by atoms with Crippen LogP contribution in [0.1, 0.15) is 5.56 Å². The van der Waals surface area contributed by atoms with Gasteiger partial charge < -0.3 is 15.2 Å². The van der Waals surface area contributed by atoms with Gasteiger partial charge in [-0.25, -0.2) is 4.79 Å². The van der Waals surface area contributed by atoms with Crippen molar-refractivity contribution < 1.29 is 27.8 Å². The third kappa shape index (κ3) is 4.54. The number of rotatable bonds is 3. The Balaban J connectivity index is 2.67. The minimum absolute atomic E-state index is 0.0790. The van der Waals surface area contributed by atoms with Crippen LogP contribution in [-0.4, -0.2) is 17.6 Å². The molecule has 0 radical (unpaired) electrons. The predicted molar refractivity (Wildman–Crippen MR) is 48.0 cm³/mol. The average Bonchev–Trinajstić information content (AvgIpc) is 2.12. The highest BCUT2D eigenvalue weighted by atomic mass is 19.4. The molecular formula is C9H8F3NO3. The fourth-order valence-electron chi connectivity index (χ4n) is 1.03. The van der Waals surface area contributed by atoms with Gasteiger partial charge in [0.2, 0.25) is 0 Å². The zero-order valence-electron chi connectivity index (χ0n) is 7.91. The first-order valence-corrected chi connectivity index (χ1v) is 4.18. The van der Waals surface area contributed by atoms with Gasteiger partial charge in [0.25, 0.3) is 0 Å². The zero-order valence-corrected chi connectivity index (χ0v) is 7.91. The minimum atomic E-state index is -4.75. The van der Waals surface area contributed by atoms with Crippen molar-refractivity contribution in [2.45, 2.75) is 12.9 Å². The molecule has 7 heteroatoms. The van der Waals surface area contributed by atoms with Gasteiger partial charge in [-0.1, -0.05) is 12.1 Å². The highest BCUT2D eigenvalue weighted by Gasteiger charge is 2.31. The van der Waals surface area contributed by atoms with Crippen LogP contribution >= 0.6 is 0 Å². The highest BCUT2D eigenvalue weighted by Crippen LogP contribution is 2.23. The Labute approximate surface area is 88.6 Å². The quantitative estimate of drug-likeness (QED) is 0.845. The molecule has 2 N–H and O–H groups in total. The number of halogens is 3. The number of carbonyl (C=O) groups is 1. The smallest absolute Gasteiger partial charge is 0.465 e. The summed E-state index contributed by atoms with van der Waals surface area (Å²) < 4.78 is 39.2. The van der Waals surface area contributed by atoms with Crippen LogP contribution in [0.25, 0.3) is 0 Å².